The topological polar surface area (TPSA) is 0 Å². The molecule has 0 radical (unpaired) electrons. The lowest BCUT2D eigenvalue weighted by Gasteiger charge is -2.51. The number of hydrogen-bond donors (Lipinski definition) is 0. The molecule has 0 heterocycles. The predicted molar refractivity (Wildman–Crippen MR) is 115 cm³/mol. The summed E-state index contributed by atoms with van der Waals surface area (Å²) >= 11 is 0. The Kier molecular flexibility index (Phi) is 10.1. The van der Waals surface area contributed by atoms with E-state index in [0.29, 0.717) is 0 Å². The van der Waals surface area contributed by atoms with Crippen molar-refractivity contribution >= 4 is 24.2 Å². The second-order valence-electron chi connectivity index (χ2n) is 9.71. The summed E-state index contributed by atoms with van der Waals surface area (Å²) < 4.78 is 0. The SMILES string of the molecule is CCCC[Si](C)(C)C([Si](C)(C)CCCC)[Si](C)(C)CCCC. The summed E-state index contributed by atoms with van der Waals surface area (Å²) in [5, 5.41) is 0. The Morgan fingerprint density at radius 2 is 0.727 bits per heavy atom. The summed E-state index contributed by atoms with van der Waals surface area (Å²) in [7, 11) is -3.30. The standard InChI is InChI=1S/C19H46Si3/c1-10-13-16-20(4,5)19(21(6,7)17-14-11-2)22(8,9)18-15-12-3/h19H,10-18H2,1-9H3. The third kappa shape index (κ3) is 7.04. The van der Waals surface area contributed by atoms with Crippen LogP contribution < -0.4 is 0 Å². The van der Waals surface area contributed by atoms with Crippen LogP contribution in [0.3, 0.4) is 0 Å². The van der Waals surface area contributed by atoms with E-state index in [2.05, 4.69) is 60.1 Å². The highest BCUT2D eigenvalue weighted by Gasteiger charge is 2.50. The summed E-state index contributed by atoms with van der Waals surface area (Å²) in [5.74, 6) is 0. The van der Waals surface area contributed by atoms with Crippen molar-refractivity contribution in [2.45, 2.75) is 121 Å². The van der Waals surface area contributed by atoms with Crippen molar-refractivity contribution in [3.05, 3.63) is 0 Å². The quantitative estimate of drug-likeness (QED) is 0.310. The van der Waals surface area contributed by atoms with Crippen molar-refractivity contribution in [3.8, 4) is 0 Å². The molecule has 0 atom stereocenters. The second-order valence-corrected chi connectivity index (χ2v) is 26.6. The van der Waals surface area contributed by atoms with Gasteiger partial charge in [-0.3, -0.25) is 0 Å². The van der Waals surface area contributed by atoms with Crippen LogP contribution in [0, 0.1) is 0 Å². The van der Waals surface area contributed by atoms with E-state index in [1.54, 1.807) is 18.1 Å². The van der Waals surface area contributed by atoms with Gasteiger partial charge in [0, 0.05) is 24.2 Å². The van der Waals surface area contributed by atoms with Gasteiger partial charge in [-0.25, -0.2) is 0 Å². The maximum atomic E-state index is 2.76. The fraction of sp³-hybridized carbons (Fsp3) is 1.00. The van der Waals surface area contributed by atoms with E-state index in [1.165, 1.54) is 43.3 Å². The Hall–Kier alpha value is 0.651. The zero-order chi connectivity index (χ0) is 17.4. The van der Waals surface area contributed by atoms with Gasteiger partial charge < -0.3 is 0 Å². The van der Waals surface area contributed by atoms with Crippen molar-refractivity contribution in [1.82, 2.24) is 0 Å². The first-order valence-electron chi connectivity index (χ1n) is 10.0. The van der Waals surface area contributed by atoms with Crippen LogP contribution in [0.25, 0.3) is 0 Å². The molecule has 0 aliphatic carbocycles. The molecule has 0 aliphatic heterocycles. The van der Waals surface area contributed by atoms with E-state index in [1.807, 2.05) is 0 Å². The maximum absolute atomic E-state index is 2.76. The van der Waals surface area contributed by atoms with E-state index in [-0.39, 0.29) is 0 Å². The van der Waals surface area contributed by atoms with Gasteiger partial charge in [0.2, 0.25) is 0 Å². The van der Waals surface area contributed by atoms with Gasteiger partial charge in [-0.15, -0.1) is 0 Å². The van der Waals surface area contributed by atoms with Gasteiger partial charge in [0.05, 0.1) is 0 Å². The summed E-state index contributed by atoms with van der Waals surface area (Å²) in [4.78, 5) is 1.21. The Morgan fingerprint density at radius 3 is 0.909 bits per heavy atom. The molecule has 0 nitrogen and oxygen atoms in total. The minimum absolute atomic E-state index is 1.10. The largest absolute Gasteiger partial charge is 0.0696 e. The van der Waals surface area contributed by atoms with Crippen molar-refractivity contribution in [3.63, 3.8) is 0 Å². The highest BCUT2D eigenvalue weighted by molar-refractivity contribution is 7.13. The van der Waals surface area contributed by atoms with E-state index in [0.717, 1.165) is 0 Å². The summed E-state index contributed by atoms with van der Waals surface area (Å²) in [6.07, 6.45) is 8.59. The first kappa shape index (κ1) is 22.7. The third-order valence-corrected chi connectivity index (χ3v) is 29.6. The van der Waals surface area contributed by atoms with Gasteiger partial charge in [-0.2, -0.15) is 0 Å². The van der Waals surface area contributed by atoms with Crippen LogP contribution in [-0.4, -0.2) is 24.2 Å². The summed E-state index contributed by atoms with van der Waals surface area (Å²) in [6, 6.07) is 4.75. The van der Waals surface area contributed by atoms with Crippen LogP contribution in [0.1, 0.15) is 59.3 Å². The molecule has 0 aromatic heterocycles. The monoisotopic (exact) mass is 358 g/mol. The van der Waals surface area contributed by atoms with Crippen LogP contribution in [-0.2, 0) is 0 Å². The van der Waals surface area contributed by atoms with Gasteiger partial charge in [0.1, 0.15) is 0 Å². The van der Waals surface area contributed by atoms with Gasteiger partial charge in [-0.1, -0.05) is 121 Å². The Bertz CT molecular complexity index is 248. The normalized spacial score (nSPS) is 13.9. The lowest BCUT2D eigenvalue weighted by molar-refractivity contribution is 0.843. The Labute approximate surface area is 145 Å². The molecule has 0 saturated carbocycles. The lowest BCUT2D eigenvalue weighted by atomic mass is 10.4. The summed E-state index contributed by atoms with van der Waals surface area (Å²) in [6.45, 7) is 23.7. The molecule has 0 rings (SSSR count). The van der Waals surface area contributed by atoms with E-state index < -0.39 is 24.2 Å². The molecule has 0 aromatic carbocycles. The highest BCUT2D eigenvalue weighted by Crippen LogP contribution is 2.46. The van der Waals surface area contributed by atoms with Gasteiger partial charge in [0.25, 0.3) is 0 Å². The molecule has 0 aliphatic rings. The van der Waals surface area contributed by atoms with Crippen LogP contribution in [0.5, 0.6) is 0 Å². The summed E-state index contributed by atoms with van der Waals surface area (Å²) in [5.41, 5.74) is 0. The zero-order valence-corrected chi connectivity index (χ0v) is 20.4. The minimum atomic E-state index is -1.10. The first-order chi connectivity index (χ1) is 10.0. The average Bonchev–Trinajstić information content (AvgIpc) is 2.39. The second kappa shape index (κ2) is 9.83. The van der Waals surface area contributed by atoms with Crippen molar-refractivity contribution in [2.24, 2.45) is 0 Å². The molecule has 0 spiro atoms. The fourth-order valence-electron chi connectivity index (χ4n) is 5.50. The molecule has 3 heteroatoms. The number of unbranched alkanes of at least 4 members (excludes halogenated alkanes) is 3. The zero-order valence-electron chi connectivity index (χ0n) is 17.4. The molecule has 0 aromatic rings. The molecule has 0 fully saturated rings. The predicted octanol–water partition coefficient (Wildman–Crippen LogP) is 7.96. The van der Waals surface area contributed by atoms with Crippen LogP contribution in [0.4, 0.5) is 0 Å². The minimum Gasteiger partial charge on any atom is -0.0696 e. The van der Waals surface area contributed by atoms with Crippen molar-refractivity contribution in [1.29, 1.82) is 0 Å². The molecular formula is C19H46Si3. The Morgan fingerprint density at radius 1 is 0.500 bits per heavy atom. The van der Waals surface area contributed by atoms with Crippen molar-refractivity contribution < 1.29 is 0 Å². The van der Waals surface area contributed by atoms with E-state index in [4.69, 9.17) is 0 Å². The molecule has 0 bridgehead atoms. The molecule has 134 valence electrons. The highest BCUT2D eigenvalue weighted by atomic mass is 28.5. The van der Waals surface area contributed by atoms with E-state index >= 15 is 0 Å². The van der Waals surface area contributed by atoms with Crippen LogP contribution in [0.15, 0.2) is 0 Å². The Balaban J connectivity index is 5.46. The number of hydrogen-bond acceptors (Lipinski definition) is 0. The average molecular weight is 359 g/mol. The van der Waals surface area contributed by atoms with Crippen LogP contribution >= 0.6 is 0 Å². The first-order valence-corrected chi connectivity index (χ1v) is 19.9. The van der Waals surface area contributed by atoms with Crippen molar-refractivity contribution in [2.75, 3.05) is 0 Å². The molecular weight excluding hydrogens is 312 g/mol. The van der Waals surface area contributed by atoms with Crippen LogP contribution in [0.2, 0.25) is 62.2 Å². The molecule has 0 N–H and O–H groups in total. The van der Waals surface area contributed by atoms with Gasteiger partial charge in [-0.05, 0) is 0 Å². The lowest BCUT2D eigenvalue weighted by Crippen LogP contribution is -2.59. The van der Waals surface area contributed by atoms with E-state index in [9.17, 15) is 0 Å². The smallest absolute Gasteiger partial charge is 0.0452 e. The third-order valence-electron chi connectivity index (χ3n) is 5.87. The number of rotatable bonds is 12. The molecule has 0 unspecified atom stereocenters. The molecule has 22 heavy (non-hydrogen) atoms. The molecule has 0 saturated heterocycles. The fourth-order valence-corrected chi connectivity index (χ4v) is 38.1. The van der Waals surface area contributed by atoms with Gasteiger partial charge in [0.15, 0.2) is 0 Å². The molecule has 0 amide bonds. The maximum Gasteiger partial charge on any atom is 0.0452 e. The van der Waals surface area contributed by atoms with Gasteiger partial charge >= 0.3 is 0 Å².